The van der Waals surface area contributed by atoms with Gasteiger partial charge in [0, 0.05) is 24.1 Å². The molecule has 0 aliphatic rings. The Morgan fingerprint density at radius 1 is 1.06 bits per heavy atom. The number of halogens is 1. The minimum absolute atomic E-state index is 0.153. The zero-order valence-corrected chi connectivity index (χ0v) is 19.6. The molecule has 5 rings (SSSR count). The van der Waals surface area contributed by atoms with Crippen LogP contribution in [0.3, 0.4) is 0 Å². The van der Waals surface area contributed by atoms with Crippen LogP contribution in [0.2, 0.25) is 5.02 Å². The zero-order chi connectivity index (χ0) is 24.2. The summed E-state index contributed by atoms with van der Waals surface area (Å²) in [4.78, 5) is 25.3. The Kier molecular flexibility index (Phi) is 6.51. The van der Waals surface area contributed by atoms with Gasteiger partial charge in [-0.05, 0) is 48.0 Å². The van der Waals surface area contributed by atoms with Gasteiger partial charge in [0.15, 0.2) is 5.65 Å². The highest BCUT2D eigenvalue weighted by Crippen LogP contribution is 2.29. The van der Waals surface area contributed by atoms with Crippen molar-refractivity contribution in [1.82, 2.24) is 25.0 Å². The molecule has 35 heavy (non-hydrogen) atoms. The van der Waals surface area contributed by atoms with Crippen molar-refractivity contribution in [3.63, 3.8) is 0 Å². The molecule has 1 N–H and O–H groups in total. The first-order valence-electron chi connectivity index (χ1n) is 10.9. The fraction of sp³-hybridized carbons (Fsp3) is 0.160. The number of carbonyl (C=O) groups is 1. The molecule has 0 fully saturated rings. The molecule has 5 aromatic rings. The van der Waals surface area contributed by atoms with Crippen LogP contribution >= 0.6 is 11.6 Å². The van der Waals surface area contributed by atoms with Crippen molar-refractivity contribution in [3.05, 3.63) is 77.4 Å². The van der Waals surface area contributed by atoms with Gasteiger partial charge in [0.05, 0.1) is 28.5 Å². The predicted molar refractivity (Wildman–Crippen MR) is 133 cm³/mol. The Hall–Kier alpha value is -4.08. The summed E-state index contributed by atoms with van der Waals surface area (Å²) < 4.78 is 6.60. The van der Waals surface area contributed by atoms with Gasteiger partial charge in [-0.1, -0.05) is 35.0 Å². The smallest absolute Gasteiger partial charge is 0.302 e. The molecular weight excluding hydrogens is 468 g/mol. The van der Waals surface area contributed by atoms with Crippen molar-refractivity contribution in [1.29, 1.82) is 0 Å². The van der Waals surface area contributed by atoms with E-state index in [4.69, 9.17) is 26.2 Å². The number of ether oxygens (including phenoxy) is 1. The van der Waals surface area contributed by atoms with E-state index in [1.165, 1.54) is 6.92 Å². The molecule has 0 saturated carbocycles. The van der Waals surface area contributed by atoms with Crippen molar-refractivity contribution in [2.45, 2.75) is 13.5 Å². The number of pyridine rings is 2. The first-order chi connectivity index (χ1) is 17.1. The van der Waals surface area contributed by atoms with Crippen molar-refractivity contribution >= 4 is 45.3 Å². The zero-order valence-electron chi connectivity index (χ0n) is 18.8. The van der Waals surface area contributed by atoms with Gasteiger partial charge in [0.25, 0.3) is 0 Å². The van der Waals surface area contributed by atoms with Crippen LogP contribution in [0.4, 0.5) is 5.69 Å². The number of rotatable bonds is 8. The minimum atomic E-state index is -0.355. The first kappa shape index (κ1) is 22.7. The molecule has 176 valence electrons. The molecule has 0 bridgehead atoms. The summed E-state index contributed by atoms with van der Waals surface area (Å²) in [6.07, 6.45) is 1.78. The van der Waals surface area contributed by atoms with E-state index in [1.54, 1.807) is 23.0 Å². The molecule has 0 aliphatic heterocycles. The summed E-state index contributed by atoms with van der Waals surface area (Å²) in [6, 6.07) is 19.4. The first-order valence-corrected chi connectivity index (χ1v) is 11.3. The molecule has 0 radical (unpaired) electrons. The Morgan fingerprint density at radius 2 is 1.94 bits per heavy atom. The number of nitrogens with one attached hydrogen (secondary N) is 1. The van der Waals surface area contributed by atoms with Crippen LogP contribution < -0.4 is 5.48 Å². The van der Waals surface area contributed by atoms with Gasteiger partial charge in [0.1, 0.15) is 18.7 Å². The van der Waals surface area contributed by atoms with Gasteiger partial charge in [-0.25, -0.2) is 9.67 Å². The number of benzene rings is 2. The van der Waals surface area contributed by atoms with E-state index >= 15 is 0 Å². The second-order valence-electron chi connectivity index (χ2n) is 7.80. The maximum Gasteiger partial charge on any atom is 0.302 e. The molecule has 3 heterocycles. The molecule has 3 aromatic heterocycles. The largest absolute Gasteiger partial charge is 0.463 e. The number of hydrogen-bond donors (Lipinski definition) is 1. The number of carbonyl (C=O) groups excluding carboxylic acids is 1. The number of hydrogen-bond acceptors (Lipinski definition) is 8. The van der Waals surface area contributed by atoms with Gasteiger partial charge in [-0.3, -0.25) is 20.1 Å². The molecule has 0 aliphatic carbocycles. The van der Waals surface area contributed by atoms with Gasteiger partial charge < -0.3 is 4.74 Å². The van der Waals surface area contributed by atoms with Crippen LogP contribution in [0, 0.1) is 0 Å². The van der Waals surface area contributed by atoms with Gasteiger partial charge in [-0.2, -0.15) is 0 Å². The average Bonchev–Trinajstić information content (AvgIpc) is 3.26. The van der Waals surface area contributed by atoms with E-state index < -0.39 is 0 Å². The second-order valence-corrected chi connectivity index (χ2v) is 8.21. The number of aromatic nitrogens is 5. The third-order valence-electron chi connectivity index (χ3n) is 5.30. The van der Waals surface area contributed by atoms with E-state index in [0.717, 1.165) is 27.7 Å². The van der Waals surface area contributed by atoms with Crippen molar-refractivity contribution in [2.75, 3.05) is 18.7 Å². The summed E-state index contributed by atoms with van der Waals surface area (Å²) in [6.45, 7) is 2.23. The van der Waals surface area contributed by atoms with Crippen LogP contribution in [-0.2, 0) is 20.9 Å². The Morgan fingerprint density at radius 3 is 2.80 bits per heavy atom. The average molecular weight is 489 g/mol. The third-order valence-corrected chi connectivity index (χ3v) is 5.61. The van der Waals surface area contributed by atoms with E-state index in [2.05, 4.69) is 26.8 Å². The molecule has 0 atom stereocenters. The normalized spacial score (nSPS) is 11.1. The van der Waals surface area contributed by atoms with E-state index in [1.807, 2.05) is 42.5 Å². The summed E-state index contributed by atoms with van der Waals surface area (Å²) >= 11 is 6.44. The number of anilines is 1. The fourth-order valence-electron chi connectivity index (χ4n) is 3.63. The van der Waals surface area contributed by atoms with E-state index in [9.17, 15) is 4.79 Å². The summed E-state index contributed by atoms with van der Waals surface area (Å²) in [7, 11) is 0. The van der Waals surface area contributed by atoms with Gasteiger partial charge in [-0.15, -0.1) is 5.10 Å². The number of nitrogens with zero attached hydrogens (tertiary/aromatic N) is 5. The van der Waals surface area contributed by atoms with Crippen LogP contribution in [0.25, 0.3) is 33.3 Å². The number of fused-ring (bicyclic) bond motifs is 2. The molecule has 0 saturated heterocycles. The Labute approximate surface area is 205 Å². The second kappa shape index (κ2) is 10.0. The van der Waals surface area contributed by atoms with Crippen molar-refractivity contribution < 1.29 is 14.4 Å². The maximum atomic E-state index is 10.8. The van der Waals surface area contributed by atoms with Gasteiger partial charge in [0.2, 0.25) is 0 Å². The van der Waals surface area contributed by atoms with E-state index in [0.29, 0.717) is 28.4 Å². The summed E-state index contributed by atoms with van der Waals surface area (Å²) in [5, 5.41) is 10.1. The molecule has 2 aromatic carbocycles. The van der Waals surface area contributed by atoms with Crippen LogP contribution in [-0.4, -0.2) is 44.1 Å². The third kappa shape index (κ3) is 5.21. The molecule has 0 spiro atoms. The summed E-state index contributed by atoms with van der Waals surface area (Å²) in [5.74, 6) is -0.355. The molecular formula is C25H21ClN6O3. The lowest BCUT2D eigenvalue weighted by Crippen LogP contribution is -2.11. The van der Waals surface area contributed by atoms with Crippen LogP contribution in [0.15, 0.2) is 66.9 Å². The van der Waals surface area contributed by atoms with Crippen LogP contribution in [0.1, 0.15) is 12.5 Å². The monoisotopic (exact) mass is 488 g/mol. The lowest BCUT2D eigenvalue weighted by atomic mass is 10.1. The highest BCUT2D eigenvalue weighted by atomic mass is 35.5. The van der Waals surface area contributed by atoms with Gasteiger partial charge >= 0.3 is 5.97 Å². The number of esters is 1. The lowest BCUT2D eigenvalue weighted by molar-refractivity contribution is -0.142. The standard InChI is InChI=1S/C25H21ClN6O3/c1-16(33)34-11-12-35-30-23-7-5-19(14-20(23)26)22-8-9-24-25(28-22)32(31-29-24)15-17-4-6-21-18(13-17)3-2-10-27-21/h2-10,13-14,30H,11-12,15H2,1H3. The Balaban J connectivity index is 1.34. The van der Waals surface area contributed by atoms with Crippen molar-refractivity contribution in [3.8, 4) is 11.3 Å². The lowest BCUT2D eigenvalue weighted by Gasteiger charge is -2.10. The van der Waals surface area contributed by atoms with Crippen LogP contribution in [0.5, 0.6) is 0 Å². The minimum Gasteiger partial charge on any atom is -0.463 e. The molecule has 0 unspecified atom stereocenters. The molecule has 9 nitrogen and oxygen atoms in total. The molecule has 0 amide bonds. The SMILES string of the molecule is CC(=O)OCCONc1ccc(-c2ccc3nnn(Cc4ccc5ncccc5c4)c3n2)cc1Cl. The molecule has 10 heteroatoms. The van der Waals surface area contributed by atoms with Crippen molar-refractivity contribution in [2.24, 2.45) is 0 Å². The highest BCUT2D eigenvalue weighted by molar-refractivity contribution is 6.33. The fourth-order valence-corrected chi connectivity index (χ4v) is 3.85. The highest BCUT2D eigenvalue weighted by Gasteiger charge is 2.11. The predicted octanol–water partition coefficient (Wildman–Crippen LogP) is 4.65. The Bertz CT molecular complexity index is 1520. The quantitative estimate of drug-likeness (QED) is 0.191. The topological polar surface area (TPSA) is 104 Å². The maximum absolute atomic E-state index is 10.8. The summed E-state index contributed by atoms with van der Waals surface area (Å²) in [5.41, 5.74) is 8.37. The van der Waals surface area contributed by atoms with E-state index in [-0.39, 0.29) is 19.2 Å².